The standard InChI is InChI=1S/ClHO4.Rh/c2-1(3,4)5;/h(H,2,3,4,5);/q;+1/p-1. The molecule has 6 heteroatoms. The first-order chi connectivity index (χ1) is 2.00. The fourth-order valence-electron chi connectivity index (χ4n) is 0. The van der Waals surface area contributed by atoms with E-state index in [1.807, 2.05) is 0 Å². The van der Waals surface area contributed by atoms with E-state index in [0.29, 0.717) is 0 Å². The Morgan fingerprint density at radius 1 is 0.833 bits per heavy atom. The van der Waals surface area contributed by atoms with E-state index >= 15 is 0 Å². The summed E-state index contributed by atoms with van der Waals surface area (Å²) in [4.78, 5) is 0. The molecule has 0 aliphatic rings. The van der Waals surface area contributed by atoms with Crippen LogP contribution in [0.15, 0.2) is 0 Å². The van der Waals surface area contributed by atoms with Gasteiger partial charge in [-0.25, -0.2) is 18.6 Å². The summed E-state index contributed by atoms with van der Waals surface area (Å²) in [7, 11) is -4.94. The largest absolute Gasteiger partial charge is 1.00 e. The molecule has 0 heterocycles. The van der Waals surface area contributed by atoms with Crippen molar-refractivity contribution < 1.29 is 48.4 Å². The second-order valence-electron chi connectivity index (χ2n) is 0.378. The zero-order chi connectivity index (χ0) is 4.50. The molecule has 0 bridgehead atoms. The summed E-state index contributed by atoms with van der Waals surface area (Å²) >= 11 is 0. The number of rotatable bonds is 0. The molecule has 40 valence electrons. The average Bonchev–Trinajstić information content (AvgIpc) is 0.722. The van der Waals surface area contributed by atoms with Crippen molar-refractivity contribution in [3.05, 3.63) is 0 Å². The Labute approximate surface area is 48.9 Å². The van der Waals surface area contributed by atoms with Crippen molar-refractivity contribution >= 4 is 0 Å². The Morgan fingerprint density at radius 3 is 0.833 bits per heavy atom. The molecule has 0 fully saturated rings. The van der Waals surface area contributed by atoms with Gasteiger partial charge >= 0.3 is 19.5 Å². The van der Waals surface area contributed by atoms with Crippen LogP contribution in [0.3, 0.4) is 0 Å². The van der Waals surface area contributed by atoms with Gasteiger partial charge in [0.25, 0.3) is 0 Å². The van der Waals surface area contributed by atoms with Crippen LogP contribution >= 0.6 is 0 Å². The predicted molar refractivity (Wildman–Crippen MR) is 0 cm³/mol. The van der Waals surface area contributed by atoms with Crippen LogP contribution in [0.4, 0.5) is 0 Å². The first-order valence-electron chi connectivity index (χ1n) is 0.617. The third-order valence-electron chi connectivity index (χ3n) is 0. The molecule has 0 saturated heterocycles. The Kier molecular flexibility index (Phi) is 4.70. The molecule has 0 unspecified atom stereocenters. The van der Waals surface area contributed by atoms with Crippen molar-refractivity contribution in [2.45, 2.75) is 0 Å². The molecule has 0 rings (SSSR count). The number of hydrogen-bond acceptors (Lipinski definition) is 4. The summed E-state index contributed by atoms with van der Waals surface area (Å²) in [5, 5.41) is 0. The van der Waals surface area contributed by atoms with E-state index in [0.717, 1.165) is 0 Å². The van der Waals surface area contributed by atoms with Crippen LogP contribution in [-0.4, -0.2) is 0 Å². The molecule has 4 nitrogen and oxygen atoms in total. The van der Waals surface area contributed by atoms with Crippen molar-refractivity contribution in [3.63, 3.8) is 0 Å². The number of halogens is 1. The van der Waals surface area contributed by atoms with Gasteiger partial charge in [-0.1, -0.05) is 0 Å². The Morgan fingerprint density at radius 2 is 0.833 bits per heavy atom. The minimum absolute atomic E-state index is 0. The first-order valence-corrected chi connectivity index (χ1v) is 1.85. The fraction of sp³-hybridized carbons (Fsp3) is 0. The van der Waals surface area contributed by atoms with E-state index in [2.05, 4.69) is 0 Å². The van der Waals surface area contributed by atoms with E-state index in [4.69, 9.17) is 18.6 Å². The molecule has 0 aliphatic carbocycles. The van der Waals surface area contributed by atoms with Gasteiger partial charge in [0, 0.05) is 0 Å². The zero-order valence-corrected chi connectivity index (χ0v) is 4.74. The van der Waals surface area contributed by atoms with Gasteiger partial charge in [-0.05, 0) is 0 Å². The minimum atomic E-state index is -4.94. The molecule has 0 N–H and O–H groups in total. The van der Waals surface area contributed by atoms with Crippen LogP contribution in [0.25, 0.3) is 0 Å². The van der Waals surface area contributed by atoms with Gasteiger partial charge in [0.2, 0.25) is 0 Å². The summed E-state index contributed by atoms with van der Waals surface area (Å²) in [5.74, 6) is 0. The summed E-state index contributed by atoms with van der Waals surface area (Å²) < 4.78 is 34.0. The summed E-state index contributed by atoms with van der Waals surface area (Å²) in [6.07, 6.45) is 0. The SMILES string of the molecule is [O-][Cl+3]([O-])([O-])[O-].[Rh+]. The van der Waals surface area contributed by atoms with Gasteiger partial charge < -0.3 is 0 Å². The van der Waals surface area contributed by atoms with E-state index in [1.54, 1.807) is 0 Å². The smallest absolute Gasteiger partial charge is 0.222 e. The molecule has 0 saturated carbocycles. The van der Waals surface area contributed by atoms with Crippen molar-refractivity contribution in [2.24, 2.45) is 0 Å². The van der Waals surface area contributed by atoms with E-state index < -0.39 is 10.2 Å². The van der Waals surface area contributed by atoms with Gasteiger partial charge in [0.05, 0.1) is 0 Å². The summed E-state index contributed by atoms with van der Waals surface area (Å²) in [5.41, 5.74) is 0. The Balaban J connectivity index is 0. The van der Waals surface area contributed by atoms with Crippen LogP contribution in [0.2, 0.25) is 0 Å². The van der Waals surface area contributed by atoms with Crippen LogP contribution in [0.1, 0.15) is 0 Å². The molecular weight excluding hydrogens is 202 g/mol. The maximum absolute atomic E-state index is 8.49. The Bertz CT molecular complexity index is 23.0. The molecule has 6 heavy (non-hydrogen) atoms. The Hall–Kier alpha value is 0.753. The third kappa shape index (κ3) is 118. The predicted octanol–water partition coefficient (Wildman–Crippen LogP) is -4.76. The molecule has 0 aromatic heterocycles. The second kappa shape index (κ2) is 2.85. The van der Waals surface area contributed by atoms with Crippen LogP contribution in [-0.2, 0) is 19.5 Å². The maximum atomic E-state index is 8.49. The minimum Gasteiger partial charge on any atom is -0.222 e. The maximum Gasteiger partial charge on any atom is 1.00 e. The van der Waals surface area contributed by atoms with Crippen LogP contribution in [0.5, 0.6) is 0 Å². The molecule has 0 aromatic carbocycles. The van der Waals surface area contributed by atoms with E-state index in [9.17, 15) is 0 Å². The van der Waals surface area contributed by atoms with Gasteiger partial charge in [-0.15, -0.1) is 10.2 Å². The van der Waals surface area contributed by atoms with Gasteiger partial charge in [-0.3, -0.25) is 0 Å². The average molecular weight is 202 g/mol. The molecule has 0 atom stereocenters. The monoisotopic (exact) mass is 202 g/mol. The molecule has 0 aromatic rings. The quantitative estimate of drug-likeness (QED) is 0.369. The van der Waals surface area contributed by atoms with Crippen LogP contribution < -0.4 is 18.6 Å². The third-order valence-corrected chi connectivity index (χ3v) is 0. The topological polar surface area (TPSA) is 92.2 Å². The first kappa shape index (κ1) is 9.89. The van der Waals surface area contributed by atoms with Crippen molar-refractivity contribution in [1.29, 1.82) is 0 Å². The van der Waals surface area contributed by atoms with Gasteiger partial charge in [-0.2, -0.15) is 0 Å². The zero-order valence-electron chi connectivity index (χ0n) is 2.34. The van der Waals surface area contributed by atoms with Gasteiger partial charge in [0.15, 0.2) is 0 Å². The fourth-order valence-corrected chi connectivity index (χ4v) is 0. The van der Waals surface area contributed by atoms with Crippen molar-refractivity contribution in [1.82, 2.24) is 0 Å². The normalized spacial score (nSPS) is 10.0. The molecular formula is ClO4Rh. The van der Waals surface area contributed by atoms with E-state index in [1.165, 1.54) is 0 Å². The molecule has 0 radical (unpaired) electrons. The molecule has 0 amide bonds. The van der Waals surface area contributed by atoms with E-state index in [-0.39, 0.29) is 19.5 Å². The second-order valence-corrected chi connectivity index (χ2v) is 1.13. The van der Waals surface area contributed by atoms with Crippen molar-refractivity contribution in [2.75, 3.05) is 0 Å². The van der Waals surface area contributed by atoms with Crippen molar-refractivity contribution in [3.8, 4) is 0 Å². The summed E-state index contributed by atoms with van der Waals surface area (Å²) in [6, 6.07) is 0. The molecule has 0 spiro atoms. The van der Waals surface area contributed by atoms with Crippen LogP contribution in [0, 0.1) is 10.2 Å². The molecule has 0 aliphatic heterocycles. The number of hydrogen-bond donors (Lipinski definition) is 0. The summed E-state index contributed by atoms with van der Waals surface area (Å²) in [6.45, 7) is 0. The van der Waals surface area contributed by atoms with Gasteiger partial charge in [0.1, 0.15) is 0 Å².